The van der Waals surface area contributed by atoms with Crippen molar-refractivity contribution in [1.82, 2.24) is 10.3 Å². The highest BCUT2D eigenvalue weighted by atomic mass is 16.1. The molecule has 0 saturated heterocycles. The Morgan fingerprint density at radius 3 is 2.70 bits per heavy atom. The molecule has 1 heterocycles. The van der Waals surface area contributed by atoms with Crippen LogP contribution >= 0.6 is 0 Å². The number of para-hydroxylation sites is 1. The van der Waals surface area contributed by atoms with Gasteiger partial charge in [-0.15, -0.1) is 0 Å². The van der Waals surface area contributed by atoms with E-state index in [0.717, 1.165) is 16.5 Å². The molecule has 0 saturated carbocycles. The minimum Gasteiger partial charge on any atom is -0.361 e. The number of aromatic amines is 1. The van der Waals surface area contributed by atoms with Gasteiger partial charge in [0.1, 0.15) is 0 Å². The van der Waals surface area contributed by atoms with Gasteiger partial charge in [0, 0.05) is 34.8 Å². The largest absolute Gasteiger partial charge is 0.361 e. The van der Waals surface area contributed by atoms with E-state index in [0.29, 0.717) is 24.0 Å². The van der Waals surface area contributed by atoms with E-state index in [1.807, 2.05) is 42.6 Å². The number of rotatable bonds is 5. The Labute approximate surface area is 133 Å². The van der Waals surface area contributed by atoms with Crippen molar-refractivity contribution in [3.63, 3.8) is 0 Å². The van der Waals surface area contributed by atoms with E-state index in [9.17, 15) is 9.59 Å². The topological polar surface area (TPSA) is 62.0 Å². The molecule has 0 bridgehead atoms. The predicted molar refractivity (Wildman–Crippen MR) is 91.5 cm³/mol. The van der Waals surface area contributed by atoms with E-state index in [1.165, 1.54) is 0 Å². The molecule has 2 N–H and O–H groups in total. The summed E-state index contributed by atoms with van der Waals surface area (Å²) in [6.07, 6.45) is 6.48. The fourth-order valence-electron chi connectivity index (χ4n) is 2.47. The van der Waals surface area contributed by atoms with E-state index >= 15 is 0 Å². The highest BCUT2D eigenvalue weighted by Gasteiger charge is 2.08. The zero-order chi connectivity index (χ0) is 16.1. The average Bonchev–Trinajstić information content (AvgIpc) is 3.01. The van der Waals surface area contributed by atoms with E-state index in [-0.39, 0.29) is 5.91 Å². The maximum atomic E-state index is 12.1. The minimum atomic E-state index is -0.253. The van der Waals surface area contributed by atoms with Gasteiger partial charge < -0.3 is 10.3 Å². The van der Waals surface area contributed by atoms with Crippen molar-refractivity contribution in [2.24, 2.45) is 0 Å². The van der Waals surface area contributed by atoms with Gasteiger partial charge in [0.15, 0.2) is 6.29 Å². The molecule has 23 heavy (non-hydrogen) atoms. The molecule has 0 spiro atoms. The van der Waals surface area contributed by atoms with Crippen molar-refractivity contribution in [3.05, 3.63) is 77.5 Å². The van der Waals surface area contributed by atoms with Crippen LogP contribution in [0.5, 0.6) is 0 Å². The first-order chi connectivity index (χ1) is 11.3. The van der Waals surface area contributed by atoms with E-state index in [4.69, 9.17) is 0 Å². The Bertz CT molecular complexity index is 878. The molecule has 2 aromatic carbocycles. The zero-order valence-electron chi connectivity index (χ0n) is 12.5. The molecular formula is C19H16N2O2. The Kier molecular flexibility index (Phi) is 4.34. The monoisotopic (exact) mass is 304 g/mol. The first-order valence-corrected chi connectivity index (χ1v) is 7.34. The molecule has 0 unspecified atom stereocenters. The third kappa shape index (κ3) is 3.21. The van der Waals surface area contributed by atoms with Crippen LogP contribution < -0.4 is 5.32 Å². The van der Waals surface area contributed by atoms with Crippen molar-refractivity contribution in [2.45, 2.75) is 0 Å². The van der Waals surface area contributed by atoms with Crippen LogP contribution in [0.1, 0.15) is 26.3 Å². The summed E-state index contributed by atoms with van der Waals surface area (Å²) >= 11 is 0. The maximum absolute atomic E-state index is 12.1. The van der Waals surface area contributed by atoms with Crippen LogP contribution in [0.4, 0.5) is 0 Å². The molecule has 1 aromatic heterocycles. The molecule has 4 nitrogen and oxygen atoms in total. The summed E-state index contributed by atoms with van der Waals surface area (Å²) in [7, 11) is 0. The number of H-pyrrole nitrogens is 1. The van der Waals surface area contributed by atoms with Crippen LogP contribution in [0.3, 0.4) is 0 Å². The first kappa shape index (κ1) is 14.8. The standard InChI is InChI=1S/C19H16N2O2/c22-13-15-6-1-2-9-17(15)19(23)20-11-5-7-14-12-21-18-10-4-3-8-16(14)18/h1-10,12-13,21H,11H2,(H,20,23)/b7-5+. The van der Waals surface area contributed by atoms with Crippen molar-refractivity contribution in [3.8, 4) is 0 Å². The van der Waals surface area contributed by atoms with Crippen molar-refractivity contribution >= 4 is 29.2 Å². The van der Waals surface area contributed by atoms with Crippen molar-refractivity contribution < 1.29 is 9.59 Å². The summed E-state index contributed by atoms with van der Waals surface area (Å²) in [5.41, 5.74) is 2.94. The third-order valence-electron chi connectivity index (χ3n) is 3.63. The lowest BCUT2D eigenvalue weighted by Crippen LogP contribution is -2.24. The summed E-state index contributed by atoms with van der Waals surface area (Å²) in [5, 5.41) is 3.93. The van der Waals surface area contributed by atoms with Gasteiger partial charge in [0.2, 0.25) is 0 Å². The minimum absolute atomic E-state index is 0.253. The molecule has 1 amide bonds. The van der Waals surface area contributed by atoms with E-state index < -0.39 is 0 Å². The number of hydrogen-bond donors (Lipinski definition) is 2. The molecule has 3 rings (SSSR count). The summed E-state index contributed by atoms with van der Waals surface area (Å²) in [6.45, 7) is 0.394. The predicted octanol–water partition coefficient (Wildman–Crippen LogP) is 3.42. The first-order valence-electron chi connectivity index (χ1n) is 7.34. The maximum Gasteiger partial charge on any atom is 0.252 e. The number of carbonyl (C=O) groups excluding carboxylic acids is 2. The molecule has 0 fully saturated rings. The normalized spacial score (nSPS) is 11.0. The molecule has 3 aromatic rings. The van der Waals surface area contributed by atoms with Crippen LogP contribution in [0, 0.1) is 0 Å². The lowest BCUT2D eigenvalue weighted by molar-refractivity contribution is 0.0952. The van der Waals surface area contributed by atoms with Gasteiger partial charge in [-0.25, -0.2) is 0 Å². The Morgan fingerprint density at radius 1 is 1.04 bits per heavy atom. The van der Waals surface area contributed by atoms with Gasteiger partial charge in [0.05, 0.1) is 0 Å². The third-order valence-corrected chi connectivity index (χ3v) is 3.63. The summed E-state index contributed by atoms with van der Waals surface area (Å²) < 4.78 is 0. The molecular weight excluding hydrogens is 288 g/mol. The smallest absolute Gasteiger partial charge is 0.252 e. The average molecular weight is 304 g/mol. The van der Waals surface area contributed by atoms with Gasteiger partial charge in [-0.05, 0) is 17.7 Å². The molecule has 4 heteroatoms. The second-order valence-corrected chi connectivity index (χ2v) is 5.11. The number of hydrogen-bond acceptors (Lipinski definition) is 2. The summed E-state index contributed by atoms with van der Waals surface area (Å²) in [6, 6.07) is 14.8. The number of aromatic nitrogens is 1. The van der Waals surface area contributed by atoms with Crippen molar-refractivity contribution in [2.75, 3.05) is 6.54 Å². The second-order valence-electron chi connectivity index (χ2n) is 5.11. The van der Waals surface area contributed by atoms with E-state index in [2.05, 4.69) is 10.3 Å². The number of amides is 1. The van der Waals surface area contributed by atoms with Crippen LogP contribution in [-0.4, -0.2) is 23.7 Å². The lowest BCUT2D eigenvalue weighted by atomic mass is 10.1. The van der Waals surface area contributed by atoms with Gasteiger partial charge in [-0.2, -0.15) is 0 Å². The van der Waals surface area contributed by atoms with Crippen LogP contribution in [0.2, 0.25) is 0 Å². The van der Waals surface area contributed by atoms with Gasteiger partial charge in [-0.1, -0.05) is 48.6 Å². The number of carbonyl (C=O) groups is 2. The van der Waals surface area contributed by atoms with Gasteiger partial charge in [-0.3, -0.25) is 9.59 Å². The molecule has 0 atom stereocenters. The number of aldehydes is 1. The van der Waals surface area contributed by atoms with Crippen LogP contribution in [0.25, 0.3) is 17.0 Å². The number of nitrogens with one attached hydrogen (secondary N) is 2. The van der Waals surface area contributed by atoms with Crippen LogP contribution in [0.15, 0.2) is 60.8 Å². The van der Waals surface area contributed by atoms with Crippen LogP contribution in [-0.2, 0) is 0 Å². The quantitative estimate of drug-likeness (QED) is 0.709. The number of benzene rings is 2. The lowest BCUT2D eigenvalue weighted by Gasteiger charge is -2.04. The SMILES string of the molecule is O=Cc1ccccc1C(=O)NC/C=C/c1c[nH]c2ccccc12. The highest BCUT2D eigenvalue weighted by molar-refractivity contribution is 6.01. The molecule has 0 radical (unpaired) electrons. The Balaban J connectivity index is 1.65. The Hall–Kier alpha value is -3.14. The number of fused-ring (bicyclic) bond motifs is 1. The summed E-state index contributed by atoms with van der Waals surface area (Å²) in [5.74, 6) is -0.253. The molecule has 114 valence electrons. The Morgan fingerprint density at radius 2 is 1.83 bits per heavy atom. The van der Waals surface area contributed by atoms with Gasteiger partial charge >= 0.3 is 0 Å². The fourth-order valence-corrected chi connectivity index (χ4v) is 2.47. The van der Waals surface area contributed by atoms with E-state index in [1.54, 1.807) is 24.3 Å². The summed E-state index contributed by atoms with van der Waals surface area (Å²) in [4.78, 5) is 26.2. The highest BCUT2D eigenvalue weighted by Crippen LogP contribution is 2.18. The second kappa shape index (κ2) is 6.75. The molecule has 0 aliphatic heterocycles. The van der Waals surface area contributed by atoms with Gasteiger partial charge in [0.25, 0.3) is 5.91 Å². The zero-order valence-corrected chi connectivity index (χ0v) is 12.5. The molecule has 0 aliphatic rings. The molecule has 0 aliphatic carbocycles. The fraction of sp³-hybridized carbons (Fsp3) is 0.0526. The van der Waals surface area contributed by atoms with Crippen molar-refractivity contribution in [1.29, 1.82) is 0 Å².